The smallest absolute Gasteiger partial charge is 0.338 e. The van der Waals surface area contributed by atoms with Crippen molar-refractivity contribution in [3.8, 4) is 0 Å². The van der Waals surface area contributed by atoms with Gasteiger partial charge >= 0.3 is 5.97 Å². The Hall–Kier alpha value is -4.53. The summed E-state index contributed by atoms with van der Waals surface area (Å²) in [4.78, 5) is 48.7. The maximum Gasteiger partial charge on any atom is 0.338 e. The lowest BCUT2D eigenvalue weighted by Gasteiger charge is -2.16. The number of imidazole rings is 1. The molecule has 1 N–H and O–H groups in total. The molecule has 0 saturated carbocycles. The van der Waals surface area contributed by atoms with Crippen LogP contribution in [0.15, 0.2) is 73.1 Å². The fourth-order valence-corrected chi connectivity index (χ4v) is 4.21. The van der Waals surface area contributed by atoms with Gasteiger partial charge in [-0.2, -0.15) is 0 Å². The molecule has 1 aliphatic rings. The van der Waals surface area contributed by atoms with E-state index in [4.69, 9.17) is 4.74 Å². The quantitative estimate of drug-likeness (QED) is 0.414. The predicted molar refractivity (Wildman–Crippen MR) is 130 cm³/mol. The molecule has 0 fully saturated rings. The summed E-state index contributed by atoms with van der Waals surface area (Å²) in [6.45, 7) is 2.34. The van der Waals surface area contributed by atoms with Crippen LogP contribution < -0.4 is 10.2 Å². The van der Waals surface area contributed by atoms with Crippen LogP contribution >= 0.6 is 0 Å². The third-order valence-corrected chi connectivity index (χ3v) is 5.80. The fraction of sp³-hybridized carbons (Fsp3) is 0.192. The molecule has 0 saturated heterocycles. The number of benzene rings is 2. The first-order chi connectivity index (χ1) is 17.0. The summed E-state index contributed by atoms with van der Waals surface area (Å²) in [7, 11) is 0. The molecule has 4 aromatic rings. The molecule has 35 heavy (non-hydrogen) atoms. The maximum atomic E-state index is 13.5. The number of fused-ring (bicyclic) bond motifs is 3. The van der Waals surface area contributed by atoms with Crippen molar-refractivity contribution in [1.29, 1.82) is 0 Å². The highest BCUT2D eigenvalue weighted by atomic mass is 16.5. The van der Waals surface area contributed by atoms with Crippen molar-refractivity contribution in [2.45, 2.75) is 25.9 Å². The third kappa shape index (κ3) is 4.35. The van der Waals surface area contributed by atoms with Crippen molar-refractivity contribution in [2.24, 2.45) is 0 Å². The number of carbonyl (C=O) groups excluding carboxylic acids is 3. The standard InChI is InChI=1S/C26H23N5O4/c1-2-35-25(34)18-9-11-19(12-10-18)28-23(32)14-22-24(33)30(16-17-6-5-13-27-15-17)26-29-20-7-3-4-8-21(20)31(22)26/h3-13,15,22H,2,14,16H2,1H3,(H,28,32). The second-order valence-electron chi connectivity index (χ2n) is 8.12. The molecule has 9 nitrogen and oxygen atoms in total. The number of hydrogen-bond acceptors (Lipinski definition) is 6. The SMILES string of the molecule is CCOC(=O)c1ccc(NC(=O)CC2C(=O)N(Cc3cccnc3)c3nc4ccccc4n32)cc1. The Morgan fingerprint density at radius 3 is 2.60 bits per heavy atom. The van der Waals surface area contributed by atoms with E-state index in [2.05, 4.69) is 15.3 Å². The second kappa shape index (κ2) is 9.38. The molecule has 2 aromatic heterocycles. The number of para-hydroxylation sites is 2. The Morgan fingerprint density at radius 2 is 1.86 bits per heavy atom. The molecule has 9 heteroatoms. The van der Waals surface area contributed by atoms with Gasteiger partial charge in [-0.05, 0) is 55.0 Å². The van der Waals surface area contributed by atoms with E-state index in [1.807, 2.05) is 41.0 Å². The van der Waals surface area contributed by atoms with Crippen molar-refractivity contribution in [2.75, 3.05) is 16.8 Å². The first-order valence-electron chi connectivity index (χ1n) is 11.3. The van der Waals surface area contributed by atoms with Crippen molar-refractivity contribution >= 4 is 40.5 Å². The van der Waals surface area contributed by atoms with Crippen LogP contribution in [0.4, 0.5) is 11.6 Å². The van der Waals surface area contributed by atoms with Gasteiger partial charge in [-0.25, -0.2) is 9.78 Å². The minimum atomic E-state index is -0.729. The lowest BCUT2D eigenvalue weighted by atomic mass is 10.1. The molecule has 0 radical (unpaired) electrons. The average Bonchev–Trinajstić information content (AvgIpc) is 3.36. The number of nitrogens with one attached hydrogen (secondary N) is 1. The van der Waals surface area contributed by atoms with E-state index >= 15 is 0 Å². The highest BCUT2D eigenvalue weighted by molar-refractivity contribution is 6.05. The zero-order chi connectivity index (χ0) is 24.4. The van der Waals surface area contributed by atoms with Crippen LogP contribution in [-0.4, -0.2) is 38.9 Å². The summed E-state index contributed by atoms with van der Waals surface area (Å²) in [5.41, 5.74) is 3.34. The average molecular weight is 470 g/mol. The Morgan fingerprint density at radius 1 is 1.06 bits per heavy atom. The Bertz CT molecular complexity index is 1400. The van der Waals surface area contributed by atoms with Crippen LogP contribution in [0.2, 0.25) is 0 Å². The van der Waals surface area contributed by atoms with Crippen molar-refractivity contribution < 1.29 is 19.1 Å². The summed E-state index contributed by atoms with van der Waals surface area (Å²) in [6.07, 6.45) is 3.33. The van der Waals surface area contributed by atoms with E-state index in [1.54, 1.807) is 48.5 Å². The molecular formula is C26H23N5O4. The summed E-state index contributed by atoms with van der Waals surface area (Å²) in [6, 6.07) is 17.0. The molecule has 2 amide bonds. The molecule has 5 rings (SSSR count). The highest BCUT2D eigenvalue weighted by Gasteiger charge is 2.40. The summed E-state index contributed by atoms with van der Waals surface area (Å²) >= 11 is 0. The van der Waals surface area contributed by atoms with Gasteiger partial charge in [-0.1, -0.05) is 18.2 Å². The number of anilines is 2. The molecule has 3 heterocycles. The van der Waals surface area contributed by atoms with Crippen molar-refractivity contribution in [1.82, 2.24) is 14.5 Å². The molecule has 1 atom stereocenters. The Labute approximate surface area is 201 Å². The third-order valence-electron chi connectivity index (χ3n) is 5.80. The molecule has 0 bridgehead atoms. The molecule has 176 valence electrons. The number of nitrogens with zero attached hydrogens (tertiary/aromatic N) is 4. The van der Waals surface area contributed by atoms with Gasteiger partial charge in [0.2, 0.25) is 11.9 Å². The molecule has 2 aromatic carbocycles. The van der Waals surface area contributed by atoms with Gasteiger partial charge in [0, 0.05) is 18.1 Å². The van der Waals surface area contributed by atoms with Crippen LogP contribution in [0.3, 0.4) is 0 Å². The second-order valence-corrected chi connectivity index (χ2v) is 8.12. The first kappa shape index (κ1) is 22.3. The number of carbonyl (C=O) groups is 3. The maximum absolute atomic E-state index is 13.5. The van der Waals surface area contributed by atoms with Gasteiger partial charge in [0.1, 0.15) is 6.04 Å². The summed E-state index contributed by atoms with van der Waals surface area (Å²) < 4.78 is 6.81. The Kier molecular flexibility index (Phi) is 5.97. The van der Waals surface area contributed by atoms with Gasteiger partial charge in [-0.3, -0.25) is 24.0 Å². The summed E-state index contributed by atoms with van der Waals surface area (Å²) in [5.74, 6) is -0.430. The number of ether oxygens (including phenoxy) is 1. The topological polar surface area (TPSA) is 106 Å². The zero-order valence-electron chi connectivity index (χ0n) is 19.0. The minimum absolute atomic E-state index is 0.0602. The number of hydrogen-bond donors (Lipinski definition) is 1. The lowest BCUT2D eigenvalue weighted by Crippen LogP contribution is -2.31. The van der Waals surface area contributed by atoms with Crippen LogP contribution in [0.25, 0.3) is 11.0 Å². The van der Waals surface area contributed by atoms with Gasteiger partial charge in [0.25, 0.3) is 5.91 Å². The van der Waals surface area contributed by atoms with Crippen molar-refractivity contribution in [3.05, 3.63) is 84.2 Å². The van der Waals surface area contributed by atoms with Gasteiger partial charge in [0.05, 0.1) is 36.2 Å². The molecule has 0 aliphatic carbocycles. The number of esters is 1. The Balaban J connectivity index is 1.38. The monoisotopic (exact) mass is 469 g/mol. The highest BCUT2D eigenvalue weighted by Crippen LogP contribution is 2.37. The number of aromatic nitrogens is 3. The minimum Gasteiger partial charge on any atom is -0.462 e. The number of amides is 2. The predicted octanol–water partition coefficient (Wildman–Crippen LogP) is 3.72. The number of pyridine rings is 1. The van der Waals surface area contributed by atoms with E-state index in [9.17, 15) is 14.4 Å². The molecular weight excluding hydrogens is 446 g/mol. The largest absolute Gasteiger partial charge is 0.462 e. The molecule has 0 spiro atoms. The van der Waals surface area contributed by atoms with Gasteiger partial charge in [-0.15, -0.1) is 0 Å². The van der Waals surface area contributed by atoms with Crippen molar-refractivity contribution in [3.63, 3.8) is 0 Å². The van der Waals surface area contributed by atoms with E-state index in [-0.39, 0.29) is 24.8 Å². The number of rotatable bonds is 7. The van der Waals surface area contributed by atoms with E-state index < -0.39 is 12.0 Å². The van der Waals surface area contributed by atoms with Crippen LogP contribution in [-0.2, 0) is 20.9 Å². The van der Waals surface area contributed by atoms with Gasteiger partial charge < -0.3 is 10.1 Å². The van der Waals surface area contributed by atoms with E-state index in [0.29, 0.717) is 23.7 Å². The van der Waals surface area contributed by atoms with Crippen LogP contribution in [0.5, 0.6) is 0 Å². The van der Waals surface area contributed by atoms with Gasteiger partial charge in [0.15, 0.2) is 0 Å². The first-order valence-corrected chi connectivity index (χ1v) is 11.3. The lowest BCUT2D eigenvalue weighted by molar-refractivity contribution is -0.124. The van der Waals surface area contributed by atoms with Crippen LogP contribution in [0, 0.1) is 0 Å². The summed E-state index contributed by atoms with van der Waals surface area (Å²) in [5, 5.41) is 2.82. The fourth-order valence-electron chi connectivity index (χ4n) is 4.21. The normalized spacial score (nSPS) is 14.7. The van der Waals surface area contributed by atoms with E-state index in [0.717, 1.165) is 16.6 Å². The molecule has 1 unspecified atom stereocenters. The van der Waals surface area contributed by atoms with Crippen LogP contribution in [0.1, 0.15) is 35.3 Å². The zero-order valence-corrected chi connectivity index (χ0v) is 19.0. The van der Waals surface area contributed by atoms with E-state index in [1.165, 1.54) is 0 Å². The molecule has 1 aliphatic heterocycles.